The van der Waals surface area contributed by atoms with Crippen LogP contribution in [-0.4, -0.2) is 15.3 Å². The smallest absolute Gasteiger partial charge is 0.182 e. The van der Waals surface area contributed by atoms with Gasteiger partial charge in [0.15, 0.2) is 17.7 Å². The van der Waals surface area contributed by atoms with E-state index in [1.54, 1.807) is 24.3 Å². The number of carbonyl (C=O) groups excluding carboxylic acids is 1. The molecule has 1 aromatic heterocycles. The highest BCUT2D eigenvalue weighted by Gasteiger charge is 2.20. The zero-order valence-electron chi connectivity index (χ0n) is 16.6. The second-order valence-corrected chi connectivity index (χ2v) is 7.99. The number of hydrogen-bond acceptors (Lipinski definition) is 3. The molecule has 0 bridgehead atoms. The number of imidazole rings is 1. The first kappa shape index (κ1) is 20.5. The van der Waals surface area contributed by atoms with E-state index in [1.165, 1.54) is 0 Å². The fraction of sp³-hybridized carbons (Fsp3) is 0.167. The van der Waals surface area contributed by atoms with Crippen molar-refractivity contribution in [2.75, 3.05) is 0 Å². The van der Waals surface area contributed by atoms with Crippen molar-refractivity contribution in [2.45, 2.75) is 26.5 Å². The first-order valence-corrected chi connectivity index (χ1v) is 10.3. The van der Waals surface area contributed by atoms with Gasteiger partial charge >= 0.3 is 0 Å². The maximum atomic E-state index is 12.9. The lowest BCUT2D eigenvalue weighted by Crippen LogP contribution is -2.17. The third-order valence-electron chi connectivity index (χ3n) is 4.96. The number of hydrogen-bond donors (Lipinski definition) is 0. The largest absolute Gasteiger partial charge is 0.483 e. The molecular weight excluding hydrogens is 419 g/mol. The van der Waals surface area contributed by atoms with Crippen molar-refractivity contribution in [3.63, 3.8) is 0 Å². The van der Waals surface area contributed by atoms with E-state index in [0.717, 1.165) is 16.6 Å². The summed E-state index contributed by atoms with van der Waals surface area (Å²) in [6.07, 6.45) is -0.365. The molecule has 4 rings (SSSR count). The number of ketones is 1. The Hall–Kier alpha value is -2.82. The van der Waals surface area contributed by atoms with Gasteiger partial charge in [-0.15, -0.1) is 0 Å². The normalized spacial score (nSPS) is 12.1. The summed E-state index contributed by atoms with van der Waals surface area (Å²) >= 11 is 12.1. The summed E-state index contributed by atoms with van der Waals surface area (Å²) in [6, 6.07) is 20.2. The van der Waals surface area contributed by atoms with Crippen LogP contribution in [0, 0.1) is 6.92 Å². The number of aromatic nitrogens is 2. The van der Waals surface area contributed by atoms with E-state index in [-0.39, 0.29) is 18.4 Å². The third kappa shape index (κ3) is 4.20. The second kappa shape index (κ2) is 8.50. The highest BCUT2D eigenvalue weighted by Crippen LogP contribution is 2.28. The molecule has 0 aliphatic rings. The van der Waals surface area contributed by atoms with Crippen LogP contribution in [0.15, 0.2) is 66.7 Å². The van der Waals surface area contributed by atoms with Gasteiger partial charge in [-0.3, -0.25) is 4.79 Å². The number of ether oxygens (including phenoxy) is 1. The van der Waals surface area contributed by atoms with Crippen LogP contribution in [0.1, 0.15) is 34.8 Å². The molecule has 0 aliphatic heterocycles. The summed E-state index contributed by atoms with van der Waals surface area (Å²) in [5, 5.41) is 1.29. The molecule has 4 nitrogen and oxygen atoms in total. The fourth-order valence-corrected chi connectivity index (χ4v) is 3.63. The number of aryl methyl sites for hydroxylation is 1. The van der Waals surface area contributed by atoms with E-state index in [1.807, 2.05) is 60.9 Å². The molecule has 152 valence electrons. The quantitative estimate of drug-likeness (QED) is 0.315. The molecule has 0 fully saturated rings. The van der Waals surface area contributed by atoms with E-state index in [9.17, 15) is 4.79 Å². The van der Waals surface area contributed by atoms with Gasteiger partial charge in [-0.05, 0) is 74.0 Å². The number of benzene rings is 3. The zero-order valence-corrected chi connectivity index (χ0v) is 18.1. The van der Waals surface area contributed by atoms with Crippen molar-refractivity contribution < 1.29 is 9.53 Å². The molecule has 0 saturated heterocycles. The second-order valence-electron chi connectivity index (χ2n) is 7.15. The van der Waals surface area contributed by atoms with Gasteiger partial charge < -0.3 is 9.30 Å². The van der Waals surface area contributed by atoms with Gasteiger partial charge in [-0.25, -0.2) is 4.98 Å². The van der Waals surface area contributed by atoms with Crippen LogP contribution in [0.4, 0.5) is 0 Å². The highest BCUT2D eigenvalue weighted by atomic mass is 35.5. The maximum Gasteiger partial charge on any atom is 0.182 e. The maximum absolute atomic E-state index is 12.9. The SMILES string of the molecule is Cc1cc(OC(C)c2nc3ccccc3n2CC(=O)c2ccc(Cl)cc2)ccc1Cl. The van der Waals surface area contributed by atoms with Gasteiger partial charge in [0, 0.05) is 15.6 Å². The Kier molecular flexibility index (Phi) is 5.80. The minimum atomic E-state index is -0.365. The first-order valence-electron chi connectivity index (χ1n) is 9.59. The Morgan fingerprint density at radius 2 is 1.80 bits per heavy atom. The molecule has 30 heavy (non-hydrogen) atoms. The lowest BCUT2D eigenvalue weighted by molar-refractivity contribution is 0.0969. The number of halogens is 2. The van der Waals surface area contributed by atoms with Crippen molar-refractivity contribution in [3.05, 3.63) is 93.7 Å². The average Bonchev–Trinajstić information content (AvgIpc) is 3.10. The van der Waals surface area contributed by atoms with Gasteiger partial charge in [-0.1, -0.05) is 35.3 Å². The zero-order chi connectivity index (χ0) is 21.3. The van der Waals surface area contributed by atoms with Crippen LogP contribution in [0.2, 0.25) is 10.0 Å². The van der Waals surface area contributed by atoms with Crippen LogP contribution in [0.3, 0.4) is 0 Å². The van der Waals surface area contributed by atoms with E-state index >= 15 is 0 Å². The number of fused-ring (bicyclic) bond motifs is 1. The summed E-state index contributed by atoms with van der Waals surface area (Å²) in [4.78, 5) is 17.7. The van der Waals surface area contributed by atoms with Crippen molar-refractivity contribution in [3.8, 4) is 5.75 Å². The molecule has 1 atom stereocenters. The number of para-hydroxylation sites is 2. The fourth-order valence-electron chi connectivity index (χ4n) is 3.39. The molecule has 0 spiro atoms. The van der Waals surface area contributed by atoms with Gasteiger partial charge in [0.1, 0.15) is 5.75 Å². The van der Waals surface area contributed by atoms with Crippen LogP contribution >= 0.6 is 23.2 Å². The Morgan fingerprint density at radius 1 is 1.07 bits per heavy atom. The molecule has 6 heteroatoms. The van der Waals surface area contributed by atoms with Crippen molar-refractivity contribution in [2.24, 2.45) is 0 Å². The molecule has 4 aromatic rings. The molecule has 0 saturated carbocycles. The van der Waals surface area contributed by atoms with Crippen molar-refractivity contribution >= 4 is 40.0 Å². The molecule has 0 aliphatic carbocycles. The number of nitrogens with zero attached hydrogens (tertiary/aromatic N) is 2. The van der Waals surface area contributed by atoms with Gasteiger partial charge in [0.05, 0.1) is 17.6 Å². The Bertz CT molecular complexity index is 1220. The predicted octanol–water partition coefficient (Wildman–Crippen LogP) is 6.67. The lowest BCUT2D eigenvalue weighted by atomic mass is 10.1. The van der Waals surface area contributed by atoms with E-state index in [2.05, 4.69) is 0 Å². The molecule has 0 amide bonds. The van der Waals surface area contributed by atoms with Gasteiger partial charge in [0.2, 0.25) is 0 Å². The topological polar surface area (TPSA) is 44.1 Å². The van der Waals surface area contributed by atoms with E-state index < -0.39 is 0 Å². The van der Waals surface area contributed by atoms with Crippen LogP contribution in [0.5, 0.6) is 5.75 Å². The Morgan fingerprint density at radius 3 is 2.53 bits per heavy atom. The van der Waals surface area contributed by atoms with Crippen LogP contribution < -0.4 is 4.74 Å². The third-order valence-corrected chi connectivity index (χ3v) is 5.63. The molecule has 0 N–H and O–H groups in total. The summed E-state index contributed by atoms with van der Waals surface area (Å²) in [7, 11) is 0. The van der Waals surface area contributed by atoms with Crippen LogP contribution in [-0.2, 0) is 6.54 Å². The number of Topliss-reactive ketones (excluding diaryl/α,β-unsaturated/α-hetero) is 1. The monoisotopic (exact) mass is 438 g/mol. The predicted molar refractivity (Wildman–Crippen MR) is 121 cm³/mol. The van der Waals surface area contributed by atoms with E-state index in [4.69, 9.17) is 32.9 Å². The highest BCUT2D eigenvalue weighted by molar-refractivity contribution is 6.31. The number of rotatable bonds is 6. The van der Waals surface area contributed by atoms with Crippen LogP contribution in [0.25, 0.3) is 11.0 Å². The van der Waals surface area contributed by atoms with Crippen molar-refractivity contribution in [1.82, 2.24) is 9.55 Å². The number of carbonyl (C=O) groups is 1. The average molecular weight is 439 g/mol. The molecule has 3 aromatic carbocycles. The summed E-state index contributed by atoms with van der Waals surface area (Å²) in [5.41, 5.74) is 3.24. The summed E-state index contributed by atoms with van der Waals surface area (Å²) in [6.45, 7) is 4.01. The standard InChI is InChI=1S/C24H20Cl2N2O2/c1-15-13-19(11-12-20(15)26)30-16(2)24-27-21-5-3-4-6-22(21)28(24)14-23(29)17-7-9-18(25)10-8-17/h3-13,16H,14H2,1-2H3. The molecule has 0 radical (unpaired) electrons. The first-order chi connectivity index (χ1) is 14.4. The molecule has 1 heterocycles. The minimum Gasteiger partial charge on any atom is -0.483 e. The minimum absolute atomic E-state index is 0.0226. The molecule has 1 unspecified atom stereocenters. The van der Waals surface area contributed by atoms with E-state index in [0.29, 0.717) is 27.2 Å². The van der Waals surface area contributed by atoms with Gasteiger partial charge in [-0.2, -0.15) is 0 Å². The summed E-state index contributed by atoms with van der Waals surface area (Å²) in [5.74, 6) is 1.36. The van der Waals surface area contributed by atoms with Crippen molar-refractivity contribution in [1.29, 1.82) is 0 Å². The Balaban J connectivity index is 1.68. The lowest BCUT2D eigenvalue weighted by Gasteiger charge is -2.17. The molecular formula is C24H20Cl2N2O2. The van der Waals surface area contributed by atoms with Gasteiger partial charge in [0.25, 0.3) is 0 Å². The Labute approximate surface area is 185 Å². The summed E-state index contributed by atoms with van der Waals surface area (Å²) < 4.78 is 8.06.